The molecule has 50 valence electrons. The fraction of sp³-hybridized carbons (Fsp3) is 0. The molecule has 0 fully saturated rings. The SMILES string of the molecule is O=[Se](O)c1ccccc1.[H-].[Na+]. The maximum atomic E-state index is 10.4. The van der Waals surface area contributed by atoms with Gasteiger partial charge in [0.2, 0.25) is 0 Å². The summed E-state index contributed by atoms with van der Waals surface area (Å²) in [6, 6.07) is 8.62. The van der Waals surface area contributed by atoms with Crippen LogP contribution >= 0.6 is 0 Å². The van der Waals surface area contributed by atoms with E-state index in [9.17, 15) is 3.83 Å². The largest absolute Gasteiger partial charge is 1.00 e. The molecule has 1 N–H and O–H groups in total. The van der Waals surface area contributed by atoms with Gasteiger partial charge in [0.25, 0.3) is 0 Å². The van der Waals surface area contributed by atoms with E-state index in [1.54, 1.807) is 24.3 Å². The molecule has 0 aliphatic rings. The number of rotatable bonds is 1. The predicted molar refractivity (Wildman–Crippen MR) is 35.8 cm³/mol. The Morgan fingerprint density at radius 1 is 1.30 bits per heavy atom. The molecule has 0 aromatic heterocycles. The van der Waals surface area contributed by atoms with Crippen molar-refractivity contribution in [1.82, 2.24) is 0 Å². The van der Waals surface area contributed by atoms with Crippen molar-refractivity contribution in [2.75, 3.05) is 0 Å². The molecule has 0 radical (unpaired) electrons. The first-order valence-corrected chi connectivity index (χ1v) is 4.79. The Morgan fingerprint density at radius 2 is 1.80 bits per heavy atom. The zero-order valence-electron chi connectivity index (χ0n) is 6.65. The van der Waals surface area contributed by atoms with Crippen LogP contribution < -0.4 is 34.0 Å². The van der Waals surface area contributed by atoms with Crippen LogP contribution in [0.25, 0.3) is 0 Å². The zero-order chi connectivity index (χ0) is 6.69. The quantitative estimate of drug-likeness (QED) is 0.502. The van der Waals surface area contributed by atoms with Gasteiger partial charge in [-0.3, -0.25) is 0 Å². The van der Waals surface area contributed by atoms with Gasteiger partial charge in [0.15, 0.2) is 0 Å². The molecule has 4 heteroatoms. The van der Waals surface area contributed by atoms with Crippen LogP contribution in [0, 0.1) is 0 Å². The Balaban J connectivity index is 0. The molecule has 0 spiro atoms. The predicted octanol–water partition coefficient (Wildman–Crippen LogP) is -3.08. The van der Waals surface area contributed by atoms with Crippen LogP contribution in [-0.4, -0.2) is 18.4 Å². The van der Waals surface area contributed by atoms with Crippen LogP contribution in [-0.2, 0) is 3.83 Å². The molecule has 0 amide bonds. The second-order valence-corrected chi connectivity index (χ2v) is 3.60. The first-order chi connectivity index (χ1) is 4.30. The number of hydrogen-bond donors (Lipinski definition) is 1. The van der Waals surface area contributed by atoms with Gasteiger partial charge in [-0.2, -0.15) is 0 Å². The van der Waals surface area contributed by atoms with Crippen molar-refractivity contribution in [2.24, 2.45) is 0 Å². The molecule has 0 saturated heterocycles. The summed E-state index contributed by atoms with van der Waals surface area (Å²) in [7, 11) is 0. The summed E-state index contributed by atoms with van der Waals surface area (Å²) in [5.74, 6) is 0. The van der Waals surface area contributed by atoms with E-state index in [-0.39, 0.29) is 31.0 Å². The van der Waals surface area contributed by atoms with Gasteiger partial charge >= 0.3 is 86.5 Å². The summed E-state index contributed by atoms with van der Waals surface area (Å²) in [4.78, 5) is 0. The minimum absolute atomic E-state index is 0. The van der Waals surface area contributed by atoms with E-state index >= 15 is 0 Å². The van der Waals surface area contributed by atoms with E-state index in [0.717, 1.165) is 0 Å². The van der Waals surface area contributed by atoms with Crippen LogP contribution in [0.15, 0.2) is 30.3 Å². The second-order valence-electron chi connectivity index (χ2n) is 1.56. The Hall–Kier alpha value is 0.499. The van der Waals surface area contributed by atoms with Gasteiger partial charge in [-0.15, -0.1) is 0 Å². The summed E-state index contributed by atoms with van der Waals surface area (Å²) in [5.41, 5.74) is 0. The van der Waals surface area contributed by atoms with Gasteiger partial charge in [0.05, 0.1) is 0 Å². The molecule has 1 aromatic carbocycles. The van der Waals surface area contributed by atoms with Crippen molar-refractivity contribution in [1.29, 1.82) is 0 Å². The summed E-state index contributed by atoms with van der Waals surface area (Å²) in [6.45, 7) is 0. The van der Waals surface area contributed by atoms with Crippen molar-refractivity contribution in [3.8, 4) is 0 Å². The maximum absolute atomic E-state index is 10.4. The summed E-state index contributed by atoms with van der Waals surface area (Å²) < 4.78 is 19.5. The molecular formula is C6H7NaO2Se. The van der Waals surface area contributed by atoms with E-state index in [2.05, 4.69) is 0 Å². The van der Waals surface area contributed by atoms with E-state index < -0.39 is 14.2 Å². The zero-order valence-corrected chi connectivity index (χ0v) is 9.36. The number of benzene rings is 1. The van der Waals surface area contributed by atoms with Gasteiger partial charge in [0.1, 0.15) is 0 Å². The molecule has 1 unspecified atom stereocenters. The van der Waals surface area contributed by atoms with E-state index in [1.807, 2.05) is 6.07 Å². The summed E-state index contributed by atoms with van der Waals surface area (Å²) in [6.07, 6.45) is 0. The van der Waals surface area contributed by atoms with Crippen molar-refractivity contribution in [3.63, 3.8) is 0 Å². The standard InChI is InChI=1S/C6H6O2Se.Na.H/c7-9(8)6-4-2-1-3-5-6;;/h1-5H,(H,7,8);;/q;+1;-1. The molecule has 0 heterocycles. The minimum Gasteiger partial charge on any atom is -1.00 e. The molecule has 0 saturated carbocycles. The third-order valence-electron chi connectivity index (χ3n) is 0.945. The Bertz CT molecular complexity index is 217. The molecule has 2 nitrogen and oxygen atoms in total. The Kier molecular flexibility index (Phi) is 5.45. The van der Waals surface area contributed by atoms with E-state index in [0.29, 0.717) is 4.46 Å². The van der Waals surface area contributed by atoms with Crippen molar-refractivity contribution >= 4 is 18.6 Å². The molecule has 10 heavy (non-hydrogen) atoms. The molecule has 0 bridgehead atoms. The molecule has 1 atom stereocenters. The van der Waals surface area contributed by atoms with Crippen LogP contribution in [0.1, 0.15) is 1.43 Å². The fourth-order valence-electron chi connectivity index (χ4n) is 0.537. The minimum atomic E-state index is -2.66. The Labute approximate surface area is 87.4 Å². The maximum Gasteiger partial charge on any atom is 1.00 e. The van der Waals surface area contributed by atoms with Crippen molar-refractivity contribution in [2.45, 2.75) is 0 Å². The van der Waals surface area contributed by atoms with Crippen LogP contribution in [0.4, 0.5) is 0 Å². The van der Waals surface area contributed by atoms with Gasteiger partial charge in [-0.05, 0) is 0 Å². The Morgan fingerprint density at radius 3 is 2.10 bits per heavy atom. The normalized spacial score (nSPS) is 11.7. The molecule has 1 rings (SSSR count). The van der Waals surface area contributed by atoms with Gasteiger partial charge < -0.3 is 1.43 Å². The van der Waals surface area contributed by atoms with Gasteiger partial charge in [-0.1, -0.05) is 0 Å². The topological polar surface area (TPSA) is 37.3 Å². The first kappa shape index (κ1) is 10.5. The monoisotopic (exact) mass is 214 g/mol. The van der Waals surface area contributed by atoms with E-state index in [1.165, 1.54) is 0 Å². The van der Waals surface area contributed by atoms with Crippen molar-refractivity contribution < 1.29 is 39.0 Å². The smallest absolute Gasteiger partial charge is 1.00 e. The van der Waals surface area contributed by atoms with Crippen LogP contribution in [0.5, 0.6) is 0 Å². The fourth-order valence-corrected chi connectivity index (χ4v) is 1.36. The van der Waals surface area contributed by atoms with Crippen LogP contribution in [0.2, 0.25) is 0 Å². The summed E-state index contributed by atoms with van der Waals surface area (Å²) >= 11 is -2.66. The van der Waals surface area contributed by atoms with Crippen molar-refractivity contribution in [3.05, 3.63) is 30.3 Å². The van der Waals surface area contributed by atoms with Crippen LogP contribution in [0.3, 0.4) is 0 Å². The van der Waals surface area contributed by atoms with Gasteiger partial charge in [0, 0.05) is 0 Å². The average Bonchev–Trinajstić information content (AvgIpc) is 1.90. The third kappa shape index (κ3) is 3.06. The molecular weight excluding hydrogens is 206 g/mol. The number of hydrogen-bond acceptors (Lipinski definition) is 1. The average molecular weight is 213 g/mol. The second kappa shape index (κ2) is 5.19. The molecule has 0 aliphatic carbocycles. The first-order valence-electron chi connectivity index (χ1n) is 2.46. The summed E-state index contributed by atoms with van der Waals surface area (Å²) in [5, 5.41) is 0. The molecule has 1 aromatic rings. The van der Waals surface area contributed by atoms with E-state index in [4.69, 9.17) is 4.19 Å². The third-order valence-corrected chi connectivity index (χ3v) is 2.36. The van der Waals surface area contributed by atoms with Gasteiger partial charge in [-0.25, -0.2) is 0 Å². The molecule has 0 aliphatic heterocycles.